The van der Waals surface area contributed by atoms with E-state index in [-0.39, 0.29) is 6.10 Å². The molecule has 0 aromatic carbocycles. The minimum absolute atomic E-state index is 0.187. The highest BCUT2D eigenvalue weighted by Crippen LogP contribution is 2.58. The van der Waals surface area contributed by atoms with Crippen molar-refractivity contribution in [2.75, 3.05) is 0 Å². The van der Waals surface area contributed by atoms with Crippen molar-refractivity contribution in [3.05, 3.63) is 0 Å². The maximum absolute atomic E-state index is 11.5. The molecule has 1 aliphatic rings. The Morgan fingerprint density at radius 3 is 2.07 bits per heavy atom. The Balaban J connectivity index is 2.64. The van der Waals surface area contributed by atoms with Gasteiger partial charge in [-0.2, -0.15) is 0 Å². The second-order valence-electron chi connectivity index (χ2n) is 4.60. The predicted molar refractivity (Wildman–Crippen MR) is 49.6 cm³/mol. The lowest BCUT2D eigenvalue weighted by Crippen LogP contribution is -2.16. The second-order valence-corrected chi connectivity index (χ2v) is 4.60. The fourth-order valence-electron chi connectivity index (χ4n) is 1.84. The van der Waals surface area contributed by atoms with Crippen LogP contribution in [0.25, 0.3) is 0 Å². The summed E-state index contributed by atoms with van der Waals surface area (Å²) in [6.45, 7) is 7.06. The first-order valence-corrected chi connectivity index (χ1v) is 4.71. The number of carbonyl (C=O) groups is 2. The number of carboxylic acid groups (broad SMARTS) is 1. The maximum atomic E-state index is 11.5. The van der Waals surface area contributed by atoms with E-state index in [0.717, 1.165) is 0 Å². The molecule has 0 radical (unpaired) electrons. The summed E-state index contributed by atoms with van der Waals surface area (Å²) in [6, 6.07) is 0. The van der Waals surface area contributed by atoms with Crippen LogP contribution in [0.1, 0.15) is 27.7 Å². The van der Waals surface area contributed by atoms with Gasteiger partial charge in [0.15, 0.2) is 0 Å². The average molecular weight is 200 g/mol. The Kier molecular flexibility index (Phi) is 2.56. The van der Waals surface area contributed by atoms with E-state index < -0.39 is 29.2 Å². The van der Waals surface area contributed by atoms with E-state index >= 15 is 0 Å². The van der Waals surface area contributed by atoms with E-state index in [2.05, 4.69) is 0 Å². The fourth-order valence-corrected chi connectivity index (χ4v) is 1.84. The highest BCUT2D eigenvalue weighted by atomic mass is 16.5. The molecule has 0 aromatic rings. The molecule has 0 aromatic heterocycles. The van der Waals surface area contributed by atoms with Crippen molar-refractivity contribution >= 4 is 11.9 Å². The van der Waals surface area contributed by atoms with Crippen LogP contribution in [0, 0.1) is 17.3 Å². The summed E-state index contributed by atoms with van der Waals surface area (Å²) in [6.07, 6.45) is -0.187. The molecule has 2 atom stereocenters. The van der Waals surface area contributed by atoms with Crippen molar-refractivity contribution < 1.29 is 19.4 Å². The van der Waals surface area contributed by atoms with E-state index in [9.17, 15) is 9.59 Å². The molecule has 0 aliphatic heterocycles. The van der Waals surface area contributed by atoms with Gasteiger partial charge in [-0.05, 0) is 19.3 Å². The lowest BCUT2D eigenvalue weighted by molar-refractivity contribution is -0.152. The number of rotatable bonds is 3. The lowest BCUT2D eigenvalue weighted by atomic mass is 10.1. The van der Waals surface area contributed by atoms with Crippen LogP contribution < -0.4 is 0 Å². The summed E-state index contributed by atoms with van der Waals surface area (Å²) in [4.78, 5) is 22.2. The number of hydrogen-bond donors (Lipinski definition) is 1. The minimum atomic E-state index is -0.916. The van der Waals surface area contributed by atoms with Gasteiger partial charge in [-0.15, -0.1) is 0 Å². The van der Waals surface area contributed by atoms with Gasteiger partial charge >= 0.3 is 11.9 Å². The van der Waals surface area contributed by atoms with Gasteiger partial charge in [0.25, 0.3) is 0 Å². The van der Waals surface area contributed by atoms with Crippen LogP contribution in [-0.2, 0) is 14.3 Å². The van der Waals surface area contributed by atoms with Crippen LogP contribution in [0.15, 0.2) is 0 Å². The molecule has 1 aliphatic carbocycles. The predicted octanol–water partition coefficient (Wildman–Crippen LogP) is 1.29. The van der Waals surface area contributed by atoms with Gasteiger partial charge in [0, 0.05) is 0 Å². The number of carbonyl (C=O) groups excluding carboxylic acids is 1. The Hall–Kier alpha value is -1.06. The van der Waals surface area contributed by atoms with Crippen molar-refractivity contribution in [2.24, 2.45) is 17.3 Å². The summed E-state index contributed by atoms with van der Waals surface area (Å²) < 4.78 is 4.99. The minimum Gasteiger partial charge on any atom is -0.481 e. The number of hydrogen-bond acceptors (Lipinski definition) is 3. The summed E-state index contributed by atoms with van der Waals surface area (Å²) in [5.41, 5.74) is -0.461. The third kappa shape index (κ3) is 1.74. The van der Waals surface area contributed by atoms with Crippen LogP contribution in [0.4, 0.5) is 0 Å². The van der Waals surface area contributed by atoms with Crippen LogP contribution in [0.2, 0.25) is 0 Å². The first-order chi connectivity index (χ1) is 6.28. The smallest absolute Gasteiger partial charge is 0.310 e. The molecule has 4 nitrogen and oxygen atoms in total. The van der Waals surface area contributed by atoms with Gasteiger partial charge in [-0.1, -0.05) is 13.8 Å². The number of aliphatic carboxylic acids is 1. The number of esters is 1. The van der Waals surface area contributed by atoms with Crippen molar-refractivity contribution in [3.8, 4) is 0 Å². The van der Waals surface area contributed by atoms with Gasteiger partial charge in [0.2, 0.25) is 0 Å². The Morgan fingerprint density at radius 1 is 1.29 bits per heavy atom. The Bertz CT molecular complexity index is 267. The summed E-state index contributed by atoms with van der Waals surface area (Å²) in [7, 11) is 0. The zero-order chi connectivity index (χ0) is 11.1. The summed E-state index contributed by atoms with van der Waals surface area (Å²) in [5.74, 6) is -2.38. The molecule has 1 rings (SSSR count). The van der Waals surface area contributed by atoms with Crippen molar-refractivity contribution in [3.63, 3.8) is 0 Å². The molecule has 14 heavy (non-hydrogen) atoms. The van der Waals surface area contributed by atoms with Crippen molar-refractivity contribution in [1.82, 2.24) is 0 Å². The molecule has 0 spiro atoms. The molecule has 1 fully saturated rings. The third-order valence-electron chi connectivity index (χ3n) is 2.70. The van der Waals surface area contributed by atoms with Gasteiger partial charge in [0.1, 0.15) is 0 Å². The van der Waals surface area contributed by atoms with Gasteiger partial charge in [0.05, 0.1) is 17.9 Å². The molecule has 80 valence electrons. The molecular formula is C10H16O4. The highest BCUT2D eigenvalue weighted by molar-refractivity contribution is 5.88. The van der Waals surface area contributed by atoms with Crippen LogP contribution in [-0.4, -0.2) is 23.1 Å². The van der Waals surface area contributed by atoms with Gasteiger partial charge in [-0.25, -0.2) is 0 Å². The Morgan fingerprint density at radius 2 is 1.79 bits per heavy atom. The molecule has 0 heterocycles. The maximum Gasteiger partial charge on any atom is 0.310 e. The molecule has 0 unspecified atom stereocenters. The number of carboxylic acids is 1. The molecule has 1 N–H and O–H groups in total. The van der Waals surface area contributed by atoms with Crippen LogP contribution >= 0.6 is 0 Å². The molecular weight excluding hydrogens is 184 g/mol. The zero-order valence-corrected chi connectivity index (χ0v) is 8.90. The van der Waals surface area contributed by atoms with E-state index in [1.165, 1.54) is 0 Å². The normalized spacial score (nSPS) is 28.6. The fraction of sp³-hybridized carbons (Fsp3) is 0.800. The van der Waals surface area contributed by atoms with E-state index in [0.29, 0.717) is 0 Å². The van der Waals surface area contributed by atoms with Crippen LogP contribution in [0.3, 0.4) is 0 Å². The SMILES string of the molecule is CC(C)OC(=O)[C@H]1[C@@H](C(=O)O)C1(C)C. The molecule has 0 bridgehead atoms. The number of ether oxygens (including phenoxy) is 1. The van der Waals surface area contributed by atoms with Crippen molar-refractivity contribution in [1.29, 1.82) is 0 Å². The highest BCUT2D eigenvalue weighted by Gasteiger charge is 2.66. The standard InChI is InChI=1S/C10H16O4/c1-5(2)14-9(13)7-6(8(11)12)10(7,3)4/h5-7H,1-4H3,(H,11,12)/t6-,7+/m0/s1. The summed E-state index contributed by atoms with van der Waals surface area (Å²) >= 11 is 0. The second kappa shape index (κ2) is 3.26. The van der Waals surface area contributed by atoms with Gasteiger partial charge in [-0.3, -0.25) is 9.59 Å². The quantitative estimate of drug-likeness (QED) is 0.697. The van der Waals surface area contributed by atoms with Gasteiger partial charge < -0.3 is 9.84 Å². The average Bonchev–Trinajstić information content (AvgIpc) is 2.51. The summed E-state index contributed by atoms with van der Waals surface area (Å²) in [5, 5.41) is 8.83. The zero-order valence-electron chi connectivity index (χ0n) is 8.90. The third-order valence-corrected chi connectivity index (χ3v) is 2.70. The van der Waals surface area contributed by atoms with Crippen molar-refractivity contribution in [2.45, 2.75) is 33.8 Å². The lowest BCUT2D eigenvalue weighted by Gasteiger charge is -2.07. The molecule has 1 saturated carbocycles. The topological polar surface area (TPSA) is 63.6 Å². The van der Waals surface area contributed by atoms with E-state index in [1.807, 2.05) is 0 Å². The van der Waals surface area contributed by atoms with E-state index in [1.54, 1.807) is 27.7 Å². The molecule has 0 amide bonds. The van der Waals surface area contributed by atoms with E-state index in [4.69, 9.17) is 9.84 Å². The monoisotopic (exact) mass is 200 g/mol. The largest absolute Gasteiger partial charge is 0.481 e. The molecule has 0 saturated heterocycles. The molecule has 4 heteroatoms. The first kappa shape index (κ1) is 11.0. The van der Waals surface area contributed by atoms with Crippen LogP contribution in [0.5, 0.6) is 0 Å². The Labute approximate surface area is 83.2 Å². The first-order valence-electron chi connectivity index (χ1n) is 4.71.